The fraction of sp³-hybridized carbons (Fsp3) is 0.474. The predicted octanol–water partition coefficient (Wildman–Crippen LogP) is 3.24. The van der Waals surface area contributed by atoms with Gasteiger partial charge < -0.3 is 19.9 Å². The molecule has 0 unspecified atom stereocenters. The van der Waals surface area contributed by atoms with Crippen LogP contribution in [0.5, 0.6) is 0 Å². The lowest BCUT2D eigenvalue weighted by Crippen LogP contribution is -2.51. The van der Waals surface area contributed by atoms with Crippen molar-refractivity contribution in [2.24, 2.45) is 0 Å². The van der Waals surface area contributed by atoms with Gasteiger partial charge in [-0.15, -0.1) is 10.2 Å². The van der Waals surface area contributed by atoms with Crippen LogP contribution in [0.25, 0.3) is 0 Å². The SMILES string of the molecule is CCOC(=O)N1CCN(C(=O)CSc2nnc(Nc3ccccc3CC)s2)CC1. The van der Waals surface area contributed by atoms with E-state index >= 15 is 0 Å². The number of amides is 2. The van der Waals surface area contributed by atoms with Gasteiger partial charge in [0, 0.05) is 31.9 Å². The van der Waals surface area contributed by atoms with E-state index in [0.29, 0.717) is 43.7 Å². The third-order valence-electron chi connectivity index (χ3n) is 4.52. The molecule has 1 aliphatic heterocycles. The number of piperazine rings is 1. The van der Waals surface area contributed by atoms with Crippen LogP contribution in [0.2, 0.25) is 0 Å². The monoisotopic (exact) mass is 435 g/mol. The van der Waals surface area contributed by atoms with E-state index in [1.54, 1.807) is 16.7 Å². The Morgan fingerprint density at radius 3 is 2.59 bits per heavy atom. The van der Waals surface area contributed by atoms with Crippen molar-refractivity contribution in [2.75, 3.05) is 43.9 Å². The first-order chi connectivity index (χ1) is 14.1. The van der Waals surface area contributed by atoms with Gasteiger partial charge in [0.25, 0.3) is 0 Å². The first-order valence-corrected chi connectivity index (χ1v) is 11.4. The molecule has 0 aliphatic carbocycles. The van der Waals surface area contributed by atoms with Crippen LogP contribution in [0.3, 0.4) is 0 Å². The number of rotatable bonds is 7. The first-order valence-electron chi connectivity index (χ1n) is 9.61. The number of aryl methyl sites for hydroxylation is 1. The highest BCUT2D eigenvalue weighted by atomic mass is 32.2. The summed E-state index contributed by atoms with van der Waals surface area (Å²) < 4.78 is 5.75. The molecule has 0 bridgehead atoms. The van der Waals surface area contributed by atoms with E-state index in [4.69, 9.17) is 4.74 Å². The van der Waals surface area contributed by atoms with Crippen molar-refractivity contribution < 1.29 is 14.3 Å². The number of hydrogen-bond donors (Lipinski definition) is 1. The number of nitrogens with zero attached hydrogens (tertiary/aromatic N) is 4. The Kier molecular flexibility index (Phi) is 7.70. The van der Waals surface area contributed by atoms with Crippen molar-refractivity contribution in [1.29, 1.82) is 0 Å². The van der Waals surface area contributed by atoms with E-state index in [-0.39, 0.29) is 12.0 Å². The Hall–Kier alpha value is -2.33. The van der Waals surface area contributed by atoms with Crippen LogP contribution in [0.15, 0.2) is 28.6 Å². The van der Waals surface area contributed by atoms with Gasteiger partial charge in [0.05, 0.1) is 12.4 Å². The molecule has 156 valence electrons. The molecule has 1 fully saturated rings. The van der Waals surface area contributed by atoms with E-state index in [1.807, 2.05) is 18.2 Å². The molecule has 29 heavy (non-hydrogen) atoms. The van der Waals surface area contributed by atoms with Crippen LogP contribution in [0, 0.1) is 0 Å². The van der Waals surface area contributed by atoms with Crippen LogP contribution in [-0.4, -0.2) is 70.5 Å². The summed E-state index contributed by atoms with van der Waals surface area (Å²) in [7, 11) is 0. The third-order valence-corrected chi connectivity index (χ3v) is 6.48. The average molecular weight is 436 g/mol. The Morgan fingerprint density at radius 2 is 1.86 bits per heavy atom. The lowest BCUT2D eigenvalue weighted by Gasteiger charge is -2.33. The van der Waals surface area contributed by atoms with Crippen LogP contribution in [-0.2, 0) is 16.0 Å². The summed E-state index contributed by atoms with van der Waals surface area (Å²) in [4.78, 5) is 27.6. The summed E-state index contributed by atoms with van der Waals surface area (Å²) in [5.74, 6) is 0.346. The zero-order valence-corrected chi connectivity index (χ0v) is 18.2. The van der Waals surface area contributed by atoms with Crippen molar-refractivity contribution in [1.82, 2.24) is 20.0 Å². The Morgan fingerprint density at radius 1 is 1.14 bits per heavy atom. The largest absolute Gasteiger partial charge is 0.450 e. The van der Waals surface area contributed by atoms with Gasteiger partial charge in [0.2, 0.25) is 11.0 Å². The van der Waals surface area contributed by atoms with Gasteiger partial charge in [-0.25, -0.2) is 4.79 Å². The molecule has 1 saturated heterocycles. The summed E-state index contributed by atoms with van der Waals surface area (Å²) >= 11 is 2.82. The number of nitrogens with one attached hydrogen (secondary N) is 1. The number of carbonyl (C=O) groups is 2. The topological polar surface area (TPSA) is 87.7 Å². The van der Waals surface area contributed by atoms with E-state index in [2.05, 4.69) is 28.5 Å². The number of ether oxygens (including phenoxy) is 1. The number of anilines is 2. The van der Waals surface area contributed by atoms with E-state index in [9.17, 15) is 9.59 Å². The Balaban J connectivity index is 1.46. The molecule has 0 spiro atoms. The van der Waals surface area contributed by atoms with Gasteiger partial charge >= 0.3 is 6.09 Å². The number of hydrogen-bond acceptors (Lipinski definition) is 8. The molecular formula is C19H25N5O3S2. The van der Waals surface area contributed by atoms with Crippen LogP contribution in [0.4, 0.5) is 15.6 Å². The van der Waals surface area contributed by atoms with Gasteiger partial charge in [-0.05, 0) is 25.0 Å². The van der Waals surface area contributed by atoms with Crippen molar-refractivity contribution in [3.8, 4) is 0 Å². The smallest absolute Gasteiger partial charge is 0.409 e. The molecule has 8 nitrogen and oxygen atoms in total. The fourth-order valence-corrected chi connectivity index (χ4v) is 4.62. The van der Waals surface area contributed by atoms with E-state index in [0.717, 1.165) is 16.4 Å². The van der Waals surface area contributed by atoms with E-state index < -0.39 is 0 Å². The summed E-state index contributed by atoms with van der Waals surface area (Å²) in [5, 5.41) is 12.4. The summed E-state index contributed by atoms with van der Waals surface area (Å²) in [5.41, 5.74) is 2.24. The number of aromatic nitrogens is 2. The van der Waals surface area contributed by atoms with Gasteiger partial charge in [-0.1, -0.05) is 48.2 Å². The van der Waals surface area contributed by atoms with E-state index in [1.165, 1.54) is 28.7 Å². The molecular weight excluding hydrogens is 410 g/mol. The molecule has 2 heterocycles. The van der Waals surface area contributed by atoms with Crippen molar-refractivity contribution in [3.63, 3.8) is 0 Å². The molecule has 2 aromatic rings. The third kappa shape index (κ3) is 5.83. The summed E-state index contributed by atoms with van der Waals surface area (Å²) in [6.45, 7) is 6.30. The second-order valence-corrected chi connectivity index (χ2v) is 8.56. The minimum Gasteiger partial charge on any atom is -0.450 e. The average Bonchev–Trinajstić information content (AvgIpc) is 3.20. The lowest BCUT2D eigenvalue weighted by atomic mass is 10.1. The fourth-order valence-electron chi connectivity index (χ4n) is 2.95. The standard InChI is InChI=1S/C19H25N5O3S2/c1-3-14-7-5-6-8-15(14)20-17-21-22-18(29-17)28-13-16(25)23-9-11-24(12-10-23)19(26)27-4-2/h5-8H,3-4,9-13H2,1-2H3,(H,20,21). The van der Waals surface area contributed by atoms with Crippen molar-refractivity contribution in [2.45, 2.75) is 24.6 Å². The maximum absolute atomic E-state index is 12.5. The highest BCUT2D eigenvalue weighted by Gasteiger charge is 2.25. The van der Waals surface area contributed by atoms with Crippen LogP contribution in [0.1, 0.15) is 19.4 Å². The van der Waals surface area contributed by atoms with Gasteiger partial charge in [0.1, 0.15) is 0 Å². The van der Waals surface area contributed by atoms with Gasteiger partial charge in [-0.2, -0.15) is 0 Å². The highest BCUT2D eigenvalue weighted by Crippen LogP contribution is 2.29. The molecule has 3 rings (SSSR count). The quantitative estimate of drug-likeness (QED) is 0.668. The Bertz CT molecular complexity index is 837. The molecule has 2 amide bonds. The minimum absolute atomic E-state index is 0.0412. The molecule has 1 aliphatic rings. The predicted molar refractivity (Wildman–Crippen MR) is 115 cm³/mol. The van der Waals surface area contributed by atoms with Crippen LogP contribution < -0.4 is 5.32 Å². The first kappa shape index (κ1) is 21.4. The molecule has 1 aromatic heterocycles. The molecule has 0 saturated carbocycles. The number of para-hydroxylation sites is 1. The molecule has 0 atom stereocenters. The van der Waals surface area contributed by atoms with Gasteiger partial charge in [0.15, 0.2) is 4.34 Å². The zero-order valence-electron chi connectivity index (χ0n) is 16.6. The minimum atomic E-state index is -0.312. The number of thioether (sulfide) groups is 1. The Labute approximate surface area is 178 Å². The number of carbonyl (C=O) groups excluding carboxylic acids is 2. The van der Waals surface area contributed by atoms with Crippen molar-refractivity contribution in [3.05, 3.63) is 29.8 Å². The second kappa shape index (κ2) is 10.4. The van der Waals surface area contributed by atoms with Crippen LogP contribution >= 0.6 is 23.1 Å². The number of benzene rings is 1. The van der Waals surface area contributed by atoms with Crippen molar-refractivity contribution >= 4 is 45.9 Å². The molecule has 1 N–H and O–H groups in total. The second-order valence-electron chi connectivity index (χ2n) is 6.36. The lowest BCUT2D eigenvalue weighted by molar-refractivity contribution is -0.129. The zero-order chi connectivity index (χ0) is 20.6. The van der Waals surface area contributed by atoms with Gasteiger partial charge in [-0.3, -0.25) is 4.79 Å². The maximum atomic E-state index is 12.5. The molecule has 0 radical (unpaired) electrons. The molecule has 1 aromatic carbocycles. The molecule has 10 heteroatoms. The normalized spacial score (nSPS) is 14.0. The summed E-state index contributed by atoms with van der Waals surface area (Å²) in [6, 6.07) is 8.11. The maximum Gasteiger partial charge on any atom is 0.409 e. The highest BCUT2D eigenvalue weighted by molar-refractivity contribution is 8.01. The summed E-state index contributed by atoms with van der Waals surface area (Å²) in [6.07, 6.45) is 0.620.